The van der Waals surface area contributed by atoms with Gasteiger partial charge in [0.05, 0.1) is 6.10 Å². The zero-order chi connectivity index (χ0) is 12.9. The van der Waals surface area contributed by atoms with Crippen molar-refractivity contribution in [1.82, 2.24) is 0 Å². The molecule has 0 saturated carbocycles. The van der Waals surface area contributed by atoms with Gasteiger partial charge in [-0.3, -0.25) is 0 Å². The summed E-state index contributed by atoms with van der Waals surface area (Å²) in [5, 5.41) is 0. The number of hydrogen-bond donors (Lipinski definition) is 1. The summed E-state index contributed by atoms with van der Waals surface area (Å²) in [5.74, 6) is 0. The van der Waals surface area contributed by atoms with Gasteiger partial charge in [-0.15, -0.1) is 0 Å². The lowest BCUT2D eigenvalue weighted by Crippen LogP contribution is -2.18. The fraction of sp³-hybridized carbons (Fsp3) is 0.600. The van der Waals surface area contributed by atoms with E-state index in [-0.39, 0.29) is 6.10 Å². The molecule has 1 unspecified atom stereocenters. The van der Waals surface area contributed by atoms with Gasteiger partial charge in [-0.1, -0.05) is 50.6 Å². The second-order valence-electron chi connectivity index (χ2n) is 5.82. The van der Waals surface area contributed by atoms with Crippen LogP contribution in [0.2, 0.25) is 0 Å². The molecule has 1 aromatic carbocycles. The van der Waals surface area contributed by atoms with Gasteiger partial charge in [0.1, 0.15) is 0 Å². The molecule has 0 aliphatic carbocycles. The first-order valence-electron chi connectivity index (χ1n) is 6.30. The second kappa shape index (κ2) is 6.18. The maximum Gasteiger partial charge on any atom is 0.0947 e. The molecule has 0 aliphatic heterocycles. The number of benzene rings is 1. The predicted molar refractivity (Wildman–Crippen MR) is 73.0 cm³/mol. The summed E-state index contributed by atoms with van der Waals surface area (Å²) < 4.78 is 5.88. The van der Waals surface area contributed by atoms with Crippen LogP contribution in [0, 0.1) is 12.3 Å². The third-order valence-corrected chi connectivity index (χ3v) is 2.80. The van der Waals surface area contributed by atoms with Crippen LogP contribution in [0.3, 0.4) is 0 Å². The Labute approximate surface area is 105 Å². The van der Waals surface area contributed by atoms with Gasteiger partial charge < -0.3 is 10.5 Å². The van der Waals surface area contributed by atoms with Crippen LogP contribution in [0.5, 0.6) is 0 Å². The van der Waals surface area contributed by atoms with Gasteiger partial charge in [0.15, 0.2) is 0 Å². The molecule has 0 spiro atoms. The first kappa shape index (κ1) is 14.2. The zero-order valence-electron chi connectivity index (χ0n) is 11.5. The van der Waals surface area contributed by atoms with Gasteiger partial charge in [0.2, 0.25) is 0 Å². The van der Waals surface area contributed by atoms with Crippen molar-refractivity contribution in [2.75, 3.05) is 13.2 Å². The lowest BCUT2D eigenvalue weighted by Gasteiger charge is -2.21. The Balaban J connectivity index is 2.54. The van der Waals surface area contributed by atoms with Crippen molar-refractivity contribution in [3.05, 3.63) is 35.4 Å². The maximum atomic E-state index is 5.88. The molecule has 0 amide bonds. The van der Waals surface area contributed by atoms with E-state index in [0.717, 1.165) is 13.0 Å². The highest BCUT2D eigenvalue weighted by Gasteiger charge is 2.14. The van der Waals surface area contributed by atoms with Crippen LogP contribution >= 0.6 is 0 Å². The van der Waals surface area contributed by atoms with E-state index < -0.39 is 0 Å². The Morgan fingerprint density at radius 2 is 2.00 bits per heavy atom. The van der Waals surface area contributed by atoms with E-state index in [4.69, 9.17) is 10.5 Å². The van der Waals surface area contributed by atoms with Crippen molar-refractivity contribution in [1.29, 1.82) is 0 Å². The lowest BCUT2D eigenvalue weighted by atomic mass is 9.93. The normalized spacial score (nSPS) is 13.7. The van der Waals surface area contributed by atoms with Crippen molar-refractivity contribution in [3.63, 3.8) is 0 Å². The predicted octanol–water partition coefficient (Wildman–Crippen LogP) is 3.45. The number of ether oxygens (including phenoxy) is 1. The topological polar surface area (TPSA) is 35.2 Å². The highest BCUT2D eigenvalue weighted by molar-refractivity contribution is 5.24. The highest BCUT2D eigenvalue weighted by Crippen LogP contribution is 2.22. The standard InChI is InChI=1S/C15H25NO/c1-12-6-5-7-13(10-12)14(11-16)17-9-8-15(2,3)4/h5-7,10,14H,8-9,11,16H2,1-4H3. The number of aryl methyl sites for hydroxylation is 1. The van der Waals surface area contributed by atoms with Gasteiger partial charge in [0.25, 0.3) is 0 Å². The summed E-state index contributed by atoms with van der Waals surface area (Å²) in [7, 11) is 0. The van der Waals surface area contributed by atoms with Crippen LogP contribution in [0.4, 0.5) is 0 Å². The molecule has 96 valence electrons. The van der Waals surface area contributed by atoms with E-state index in [1.54, 1.807) is 0 Å². The molecule has 2 heteroatoms. The average Bonchev–Trinajstić information content (AvgIpc) is 2.23. The first-order valence-corrected chi connectivity index (χ1v) is 6.30. The highest BCUT2D eigenvalue weighted by atomic mass is 16.5. The Hall–Kier alpha value is -0.860. The Morgan fingerprint density at radius 3 is 2.53 bits per heavy atom. The third kappa shape index (κ3) is 5.33. The maximum absolute atomic E-state index is 5.88. The van der Waals surface area contributed by atoms with Gasteiger partial charge in [-0.05, 0) is 24.3 Å². The summed E-state index contributed by atoms with van der Waals surface area (Å²) >= 11 is 0. The summed E-state index contributed by atoms with van der Waals surface area (Å²) in [5.41, 5.74) is 8.52. The molecular formula is C15H25NO. The summed E-state index contributed by atoms with van der Waals surface area (Å²) in [6.45, 7) is 10.1. The fourth-order valence-corrected chi connectivity index (χ4v) is 1.68. The van der Waals surface area contributed by atoms with Crippen molar-refractivity contribution in [2.45, 2.75) is 40.2 Å². The number of hydrogen-bond acceptors (Lipinski definition) is 2. The second-order valence-corrected chi connectivity index (χ2v) is 5.82. The minimum atomic E-state index is 0.0252. The van der Waals surface area contributed by atoms with Gasteiger partial charge in [-0.2, -0.15) is 0 Å². The van der Waals surface area contributed by atoms with Crippen molar-refractivity contribution < 1.29 is 4.74 Å². The van der Waals surface area contributed by atoms with E-state index in [9.17, 15) is 0 Å². The number of rotatable bonds is 5. The van der Waals surface area contributed by atoms with Crippen molar-refractivity contribution in [3.8, 4) is 0 Å². The van der Waals surface area contributed by atoms with Crippen LogP contribution in [0.1, 0.15) is 44.4 Å². The summed E-state index contributed by atoms with van der Waals surface area (Å²) in [4.78, 5) is 0. The van der Waals surface area contributed by atoms with Gasteiger partial charge in [-0.25, -0.2) is 0 Å². The minimum Gasteiger partial charge on any atom is -0.372 e. The molecule has 0 saturated heterocycles. The SMILES string of the molecule is Cc1cccc(C(CN)OCCC(C)(C)C)c1. The van der Waals surface area contributed by atoms with Crippen LogP contribution in [0.25, 0.3) is 0 Å². The molecule has 0 radical (unpaired) electrons. The van der Waals surface area contributed by atoms with Crippen molar-refractivity contribution >= 4 is 0 Å². The van der Waals surface area contributed by atoms with E-state index in [1.807, 2.05) is 0 Å². The number of nitrogens with two attached hydrogens (primary N) is 1. The molecule has 1 aromatic rings. The molecule has 1 atom stereocenters. The molecule has 0 bridgehead atoms. The average molecular weight is 235 g/mol. The molecular weight excluding hydrogens is 210 g/mol. The van der Waals surface area contributed by atoms with Crippen LogP contribution in [0.15, 0.2) is 24.3 Å². The molecule has 0 aromatic heterocycles. The van der Waals surface area contributed by atoms with Gasteiger partial charge >= 0.3 is 0 Å². The zero-order valence-corrected chi connectivity index (χ0v) is 11.5. The Bertz CT molecular complexity index is 341. The molecule has 2 nitrogen and oxygen atoms in total. The minimum absolute atomic E-state index is 0.0252. The fourth-order valence-electron chi connectivity index (χ4n) is 1.68. The van der Waals surface area contributed by atoms with Crippen LogP contribution in [-0.2, 0) is 4.74 Å². The van der Waals surface area contributed by atoms with Crippen molar-refractivity contribution in [2.24, 2.45) is 11.1 Å². The largest absolute Gasteiger partial charge is 0.372 e. The summed E-state index contributed by atoms with van der Waals surface area (Å²) in [6, 6.07) is 8.38. The molecule has 2 N–H and O–H groups in total. The van der Waals surface area contributed by atoms with E-state index >= 15 is 0 Å². The summed E-state index contributed by atoms with van der Waals surface area (Å²) in [6.07, 6.45) is 1.08. The monoisotopic (exact) mass is 235 g/mol. The first-order chi connectivity index (χ1) is 7.92. The lowest BCUT2D eigenvalue weighted by molar-refractivity contribution is 0.0422. The van der Waals surface area contributed by atoms with E-state index in [0.29, 0.717) is 12.0 Å². The van der Waals surface area contributed by atoms with E-state index in [1.165, 1.54) is 11.1 Å². The third-order valence-electron chi connectivity index (χ3n) is 2.80. The Morgan fingerprint density at radius 1 is 1.29 bits per heavy atom. The molecule has 0 aliphatic rings. The molecule has 1 rings (SSSR count). The molecule has 0 heterocycles. The smallest absolute Gasteiger partial charge is 0.0947 e. The van der Waals surface area contributed by atoms with Gasteiger partial charge in [0, 0.05) is 13.2 Å². The molecule has 0 fully saturated rings. The van der Waals surface area contributed by atoms with E-state index in [2.05, 4.69) is 52.0 Å². The van der Waals surface area contributed by atoms with Crippen LogP contribution in [-0.4, -0.2) is 13.2 Å². The van der Waals surface area contributed by atoms with Crippen LogP contribution < -0.4 is 5.73 Å². The molecule has 17 heavy (non-hydrogen) atoms. The Kier molecular flexibility index (Phi) is 5.16. The quantitative estimate of drug-likeness (QED) is 0.848.